The van der Waals surface area contributed by atoms with Crippen LogP contribution in [0.5, 0.6) is 0 Å². The van der Waals surface area contributed by atoms with Crippen LogP contribution >= 0.6 is 0 Å². The van der Waals surface area contributed by atoms with Crippen LogP contribution in [0.1, 0.15) is 24.2 Å². The van der Waals surface area contributed by atoms with Crippen molar-refractivity contribution in [2.45, 2.75) is 26.3 Å². The number of likely N-dealkylation sites (tertiary alicyclic amines) is 1. The van der Waals surface area contributed by atoms with E-state index in [9.17, 15) is 9.59 Å². The van der Waals surface area contributed by atoms with Crippen molar-refractivity contribution in [2.24, 2.45) is 0 Å². The van der Waals surface area contributed by atoms with Crippen molar-refractivity contribution < 1.29 is 9.59 Å². The molecule has 84 valence electrons. The van der Waals surface area contributed by atoms with E-state index in [2.05, 4.69) is 4.98 Å². The van der Waals surface area contributed by atoms with Crippen molar-refractivity contribution in [1.82, 2.24) is 9.88 Å². The zero-order chi connectivity index (χ0) is 11.5. The summed E-state index contributed by atoms with van der Waals surface area (Å²) in [4.78, 5) is 28.7. The van der Waals surface area contributed by atoms with Crippen molar-refractivity contribution in [3.63, 3.8) is 0 Å². The molecule has 4 heteroatoms. The van der Waals surface area contributed by atoms with Crippen LogP contribution in [0.4, 0.5) is 0 Å². The van der Waals surface area contributed by atoms with Gasteiger partial charge in [0.2, 0.25) is 5.91 Å². The number of rotatable bonds is 2. The maximum Gasteiger partial charge on any atom is 0.230 e. The minimum Gasteiger partial charge on any atom is -0.336 e. The van der Waals surface area contributed by atoms with Gasteiger partial charge in [0, 0.05) is 18.7 Å². The number of carbonyl (C=O) groups excluding carboxylic acids is 2. The van der Waals surface area contributed by atoms with Crippen LogP contribution in [-0.4, -0.2) is 28.1 Å². The highest BCUT2D eigenvalue weighted by Gasteiger charge is 2.23. The number of nitrogens with zero attached hydrogens (tertiary/aromatic N) is 2. The van der Waals surface area contributed by atoms with E-state index in [1.165, 1.54) is 0 Å². The van der Waals surface area contributed by atoms with Gasteiger partial charge < -0.3 is 4.90 Å². The lowest BCUT2D eigenvalue weighted by molar-refractivity contribution is -0.139. The summed E-state index contributed by atoms with van der Waals surface area (Å²) in [5.41, 5.74) is 1.82. The second kappa shape index (κ2) is 4.43. The van der Waals surface area contributed by atoms with Crippen LogP contribution in [0.3, 0.4) is 0 Å². The molecule has 0 atom stereocenters. The molecule has 16 heavy (non-hydrogen) atoms. The van der Waals surface area contributed by atoms with Gasteiger partial charge in [-0.15, -0.1) is 0 Å². The summed E-state index contributed by atoms with van der Waals surface area (Å²) < 4.78 is 0. The molecular weight excluding hydrogens is 204 g/mol. The van der Waals surface area contributed by atoms with Crippen molar-refractivity contribution in [2.75, 3.05) is 6.54 Å². The lowest BCUT2D eigenvalue weighted by Gasteiger charge is -2.25. The predicted molar refractivity (Wildman–Crippen MR) is 58.6 cm³/mol. The molecule has 2 rings (SSSR count). The standard InChI is InChI=1S/C12H14N2O2/c1-9-3-2-4-10(13-9)8-14-6-5-11(15)7-12(14)16/h2-4H,5-8H2,1H3. The molecule has 2 heterocycles. The zero-order valence-corrected chi connectivity index (χ0v) is 9.27. The highest BCUT2D eigenvalue weighted by atomic mass is 16.2. The van der Waals surface area contributed by atoms with Gasteiger partial charge in [0.05, 0.1) is 18.7 Å². The molecule has 0 radical (unpaired) electrons. The van der Waals surface area contributed by atoms with Gasteiger partial charge in [0.15, 0.2) is 0 Å². The number of hydrogen-bond acceptors (Lipinski definition) is 3. The number of pyridine rings is 1. The minimum atomic E-state index is -0.0837. The molecule has 1 aliphatic rings. The first kappa shape index (κ1) is 10.8. The largest absolute Gasteiger partial charge is 0.336 e. The van der Waals surface area contributed by atoms with Gasteiger partial charge in [-0.1, -0.05) is 6.07 Å². The van der Waals surface area contributed by atoms with Crippen LogP contribution in [0.15, 0.2) is 18.2 Å². The molecule has 1 aromatic heterocycles. The fourth-order valence-electron chi connectivity index (χ4n) is 1.80. The van der Waals surface area contributed by atoms with E-state index in [0.29, 0.717) is 19.5 Å². The number of Topliss-reactive ketones (excluding diaryl/α,β-unsaturated/α-hetero) is 1. The van der Waals surface area contributed by atoms with Gasteiger partial charge in [-0.05, 0) is 19.1 Å². The predicted octanol–water partition coefficient (Wildman–Crippen LogP) is 1.08. The van der Waals surface area contributed by atoms with Gasteiger partial charge in [-0.2, -0.15) is 0 Å². The summed E-state index contributed by atoms with van der Waals surface area (Å²) in [6.07, 6.45) is 0.517. The molecule has 0 saturated carbocycles. The normalized spacial score (nSPS) is 16.7. The highest BCUT2D eigenvalue weighted by molar-refractivity contribution is 6.00. The van der Waals surface area contributed by atoms with E-state index in [1.807, 2.05) is 25.1 Å². The first-order valence-electron chi connectivity index (χ1n) is 5.37. The van der Waals surface area contributed by atoms with Gasteiger partial charge in [-0.25, -0.2) is 0 Å². The Hall–Kier alpha value is -1.71. The van der Waals surface area contributed by atoms with Gasteiger partial charge >= 0.3 is 0 Å². The molecule has 1 aromatic rings. The van der Waals surface area contributed by atoms with Crippen molar-refractivity contribution >= 4 is 11.7 Å². The Kier molecular flexibility index (Phi) is 2.99. The molecule has 1 saturated heterocycles. The van der Waals surface area contributed by atoms with E-state index in [1.54, 1.807) is 4.90 Å². The molecular formula is C12H14N2O2. The topological polar surface area (TPSA) is 50.3 Å². The summed E-state index contributed by atoms with van der Waals surface area (Å²) in [5.74, 6) is -0.0435. The summed E-state index contributed by atoms with van der Waals surface area (Å²) in [5, 5.41) is 0. The Balaban J connectivity index is 2.05. The molecule has 1 aliphatic heterocycles. The van der Waals surface area contributed by atoms with Crippen molar-refractivity contribution in [3.8, 4) is 0 Å². The van der Waals surface area contributed by atoms with E-state index in [4.69, 9.17) is 0 Å². The first-order valence-corrected chi connectivity index (χ1v) is 5.37. The van der Waals surface area contributed by atoms with Crippen LogP contribution < -0.4 is 0 Å². The molecule has 4 nitrogen and oxygen atoms in total. The Morgan fingerprint density at radius 1 is 1.38 bits per heavy atom. The molecule has 1 amide bonds. The summed E-state index contributed by atoms with van der Waals surface area (Å²) >= 11 is 0. The van der Waals surface area contributed by atoms with E-state index in [0.717, 1.165) is 11.4 Å². The summed E-state index contributed by atoms with van der Waals surface area (Å²) in [6.45, 7) is 2.95. The third-order valence-electron chi connectivity index (χ3n) is 2.66. The van der Waals surface area contributed by atoms with Crippen molar-refractivity contribution in [1.29, 1.82) is 0 Å². The maximum absolute atomic E-state index is 11.6. The number of piperidine rings is 1. The van der Waals surface area contributed by atoms with E-state index < -0.39 is 0 Å². The third-order valence-corrected chi connectivity index (χ3v) is 2.66. The number of amides is 1. The first-order chi connectivity index (χ1) is 7.65. The Morgan fingerprint density at radius 2 is 2.19 bits per heavy atom. The number of aryl methyl sites for hydroxylation is 1. The lowest BCUT2D eigenvalue weighted by atomic mass is 10.1. The third kappa shape index (κ3) is 2.45. The quantitative estimate of drug-likeness (QED) is 0.698. The summed E-state index contributed by atoms with van der Waals surface area (Å²) in [6, 6.07) is 5.75. The highest BCUT2D eigenvalue weighted by Crippen LogP contribution is 2.11. The Labute approximate surface area is 94.3 Å². The molecule has 0 spiro atoms. The number of hydrogen-bond donors (Lipinski definition) is 0. The van der Waals surface area contributed by atoms with E-state index >= 15 is 0 Å². The average molecular weight is 218 g/mol. The number of ketones is 1. The average Bonchev–Trinajstić information content (AvgIpc) is 2.22. The smallest absolute Gasteiger partial charge is 0.230 e. The lowest BCUT2D eigenvalue weighted by Crippen LogP contribution is -2.38. The fourth-order valence-corrected chi connectivity index (χ4v) is 1.80. The minimum absolute atomic E-state index is 0.0402. The Morgan fingerprint density at radius 3 is 2.88 bits per heavy atom. The SMILES string of the molecule is Cc1cccc(CN2CCC(=O)CC2=O)n1. The maximum atomic E-state index is 11.6. The zero-order valence-electron chi connectivity index (χ0n) is 9.27. The molecule has 0 aromatic carbocycles. The van der Waals surface area contributed by atoms with Crippen molar-refractivity contribution in [3.05, 3.63) is 29.6 Å². The monoisotopic (exact) mass is 218 g/mol. The molecule has 0 aliphatic carbocycles. The van der Waals surface area contributed by atoms with Crippen LogP contribution in [0.25, 0.3) is 0 Å². The number of aromatic nitrogens is 1. The Bertz CT molecular complexity index is 429. The van der Waals surface area contributed by atoms with E-state index in [-0.39, 0.29) is 18.1 Å². The molecule has 0 N–H and O–H groups in total. The number of carbonyl (C=O) groups is 2. The fraction of sp³-hybridized carbons (Fsp3) is 0.417. The van der Waals surface area contributed by atoms with Gasteiger partial charge in [0.1, 0.15) is 5.78 Å². The van der Waals surface area contributed by atoms with Gasteiger partial charge in [0.25, 0.3) is 0 Å². The second-order valence-electron chi connectivity index (χ2n) is 4.05. The summed E-state index contributed by atoms with van der Waals surface area (Å²) in [7, 11) is 0. The van der Waals surface area contributed by atoms with Gasteiger partial charge in [-0.3, -0.25) is 14.6 Å². The molecule has 0 unspecified atom stereocenters. The van der Waals surface area contributed by atoms with Crippen LogP contribution in [0.2, 0.25) is 0 Å². The van der Waals surface area contributed by atoms with Crippen LogP contribution in [0, 0.1) is 6.92 Å². The second-order valence-corrected chi connectivity index (χ2v) is 4.05. The van der Waals surface area contributed by atoms with Crippen LogP contribution in [-0.2, 0) is 16.1 Å². The molecule has 1 fully saturated rings. The molecule has 0 bridgehead atoms.